The van der Waals surface area contributed by atoms with Crippen molar-refractivity contribution in [2.24, 2.45) is 0 Å². The Hall–Kier alpha value is -3.18. The molecule has 1 atom stereocenters. The van der Waals surface area contributed by atoms with E-state index in [1.807, 2.05) is 0 Å². The van der Waals surface area contributed by atoms with Crippen molar-refractivity contribution in [3.05, 3.63) is 77.0 Å². The first-order valence-corrected chi connectivity index (χ1v) is 11.9. The van der Waals surface area contributed by atoms with Gasteiger partial charge in [0.25, 0.3) is 10.0 Å². The maximum absolute atomic E-state index is 13.3. The lowest BCUT2D eigenvalue weighted by Gasteiger charge is -2.29. The Balaban J connectivity index is 1.69. The van der Waals surface area contributed by atoms with Crippen molar-refractivity contribution in [3.63, 3.8) is 0 Å². The van der Waals surface area contributed by atoms with E-state index < -0.39 is 21.8 Å². The van der Waals surface area contributed by atoms with E-state index in [-0.39, 0.29) is 23.2 Å². The van der Waals surface area contributed by atoms with Crippen molar-refractivity contribution in [3.8, 4) is 5.75 Å². The number of nitrogens with zero attached hydrogens (tertiary/aromatic N) is 2. The van der Waals surface area contributed by atoms with Gasteiger partial charge in [-0.3, -0.25) is 4.72 Å². The van der Waals surface area contributed by atoms with Gasteiger partial charge in [0.1, 0.15) is 5.75 Å². The number of aromatic nitrogens is 2. The van der Waals surface area contributed by atoms with Crippen LogP contribution in [-0.2, 0) is 27.4 Å². The largest absolute Gasteiger partial charge is 0.493 e. The van der Waals surface area contributed by atoms with Gasteiger partial charge in [-0.2, -0.15) is 18.3 Å². The second-order valence-corrected chi connectivity index (χ2v) is 9.44. The predicted octanol–water partition coefficient (Wildman–Crippen LogP) is 4.40. The first-order valence-electron chi connectivity index (χ1n) is 10.5. The summed E-state index contributed by atoms with van der Waals surface area (Å²) in [7, 11) is -2.45. The summed E-state index contributed by atoms with van der Waals surface area (Å²) in [4.78, 5) is -0.0235. The molecule has 0 bridgehead atoms. The molecule has 1 aliphatic rings. The highest BCUT2D eigenvalue weighted by Crippen LogP contribution is 2.42. The lowest BCUT2D eigenvalue weighted by atomic mass is 9.83. The van der Waals surface area contributed by atoms with Gasteiger partial charge in [-0.25, -0.2) is 8.42 Å². The van der Waals surface area contributed by atoms with Gasteiger partial charge < -0.3 is 9.47 Å². The van der Waals surface area contributed by atoms with E-state index >= 15 is 0 Å². The van der Waals surface area contributed by atoms with Crippen LogP contribution in [0.5, 0.6) is 5.75 Å². The Labute approximate surface area is 195 Å². The van der Waals surface area contributed by atoms with Crippen molar-refractivity contribution in [2.75, 3.05) is 25.0 Å². The molecule has 1 N–H and O–H groups in total. The number of alkyl halides is 3. The molecule has 0 saturated heterocycles. The zero-order chi connectivity index (χ0) is 24.3. The molecule has 1 aliphatic heterocycles. The van der Waals surface area contributed by atoms with Crippen LogP contribution in [0, 0.1) is 0 Å². The van der Waals surface area contributed by atoms with Crippen molar-refractivity contribution in [2.45, 2.75) is 29.8 Å². The maximum atomic E-state index is 13.3. The summed E-state index contributed by atoms with van der Waals surface area (Å²) in [5.41, 5.74) is 1.27. The topological polar surface area (TPSA) is 90.4 Å². The Morgan fingerprint density at radius 2 is 1.94 bits per heavy atom. The fraction of sp³-hybridized carbons (Fsp3) is 0.304. The summed E-state index contributed by atoms with van der Waals surface area (Å²) < 4.78 is 78.6. The lowest BCUT2D eigenvalue weighted by Crippen LogP contribution is -2.19. The number of fused-ring (bicyclic) bond motifs is 1. The summed E-state index contributed by atoms with van der Waals surface area (Å²) in [5, 5.41) is 7.37. The third kappa shape index (κ3) is 5.15. The first kappa shape index (κ1) is 24.0. The molecule has 0 aliphatic carbocycles. The van der Waals surface area contributed by atoms with Gasteiger partial charge in [0, 0.05) is 30.9 Å². The zero-order valence-corrected chi connectivity index (χ0v) is 19.0. The summed E-state index contributed by atoms with van der Waals surface area (Å²) in [6.45, 7) is 0.569. The zero-order valence-electron chi connectivity index (χ0n) is 18.2. The predicted molar refractivity (Wildman–Crippen MR) is 118 cm³/mol. The third-order valence-electron chi connectivity index (χ3n) is 5.57. The molecular formula is C23H22F3N3O4S. The number of hydrogen-bond acceptors (Lipinski definition) is 6. The van der Waals surface area contributed by atoms with E-state index in [4.69, 9.17) is 9.47 Å². The van der Waals surface area contributed by atoms with Crippen LogP contribution in [0.2, 0.25) is 0 Å². The first-order chi connectivity index (χ1) is 16.2. The average molecular weight is 494 g/mol. The number of hydrogen-bond donors (Lipinski definition) is 1. The van der Waals surface area contributed by atoms with Crippen molar-refractivity contribution in [1.82, 2.24) is 10.2 Å². The van der Waals surface area contributed by atoms with Crippen LogP contribution in [-0.4, -0.2) is 38.9 Å². The van der Waals surface area contributed by atoms with Crippen LogP contribution < -0.4 is 9.46 Å². The molecule has 0 unspecified atom stereocenters. The SMILES string of the molecule is COCCc1cc(C(F)(F)F)ccc1[C@H]1CCOc2cc(S(=O)(=O)Nc3cccnn3)ccc21. The number of methoxy groups -OCH3 is 1. The molecule has 2 aromatic carbocycles. The second-order valence-electron chi connectivity index (χ2n) is 7.76. The van der Waals surface area contributed by atoms with Crippen molar-refractivity contribution >= 4 is 15.8 Å². The van der Waals surface area contributed by atoms with Crippen molar-refractivity contribution in [1.29, 1.82) is 0 Å². The van der Waals surface area contributed by atoms with Crippen LogP contribution in [0.25, 0.3) is 0 Å². The molecule has 180 valence electrons. The van der Waals surface area contributed by atoms with Crippen LogP contribution in [0.3, 0.4) is 0 Å². The van der Waals surface area contributed by atoms with Crippen LogP contribution in [0.15, 0.2) is 59.6 Å². The maximum Gasteiger partial charge on any atom is 0.416 e. The van der Waals surface area contributed by atoms with E-state index in [1.165, 1.54) is 37.6 Å². The number of sulfonamides is 1. The van der Waals surface area contributed by atoms with E-state index in [0.717, 1.165) is 17.7 Å². The normalized spacial score (nSPS) is 15.9. The molecule has 7 nitrogen and oxygen atoms in total. The van der Waals surface area contributed by atoms with Gasteiger partial charge in [-0.1, -0.05) is 12.1 Å². The minimum absolute atomic E-state index is 0.0235. The summed E-state index contributed by atoms with van der Waals surface area (Å²) in [6, 6.07) is 11.3. The van der Waals surface area contributed by atoms with E-state index in [0.29, 0.717) is 36.3 Å². The summed E-state index contributed by atoms with van der Waals surface area (Å²) in [6.07, 6.45) is -2.17. The molecule has 0 fully saturated rings. The molecule has 2 heterocycles. The fourth-order valence-corrected chi connectivity index (χ4v) is 4.97. The Morgan fingerprint density at radius 3 is 2.65 bits per heavy atom. The summed E-state index contributed by atoms with van der Waals surface area (Å²) in [5.74, 6) is 0.199. The van der Waals surface area contributed by atoms with Gasteiger partial charge in [-0.05, 0) is 54.3 Å². The number of anilines is 1. The smallest absolute Gasteiger partial charge is 0.416 e. The lowest BCUT2D eigenvalue weighted by molar-refractivity contribution is -0.137. The molecule has 4 rings (SSSR count). The molecule has 0 spiro atoms. The molecule has 11 heteroatoms. The second kappa shape index (κ2) is 9.59. The van der Waals surface area contributed by atoms with Gasteiger partial charge in [0.15, 0.2) is 5.82 Å². The molecule has 0 amide bonds. The fourth-order valence-electron chi connectivity index (χ4n) is 3.96. The van der Waals surface area contributed by atoms with E-state index in [2.05, 4.69) is 14.9 Å². The minimum atomic E-state index is -4.45. The standard InChI is InChI=1S/C23H22F3N3O4S/c1-32-11-8-15-13-16(23(24,25)26)4-6-18(15)19-9-12-33-21-14-17(5-7-20(19)21)34(30,31)29-22-3-2-10-27-28-22/h2-7,10,13-14,19H,8-9,11-12H2,1H3,(H,28,29)/t19-/m1/s1. The van der Waals surface area contributed by atoms with Crippen LogP contribution in [0.1, 0.15) is 34.6 Å². The van der Waals surface area contributed by atoms with E-state index in [9.17, 15) is 21.6 Å². The van der Waals surface area contributed by atoms with Crippen molar-refractivity contribution < 1.29 is 31.1 Å². The minimum Gasteiger partial charge on any atom is -0.493 e. The van der Waals surface area contributed by atoms with Gasteiger partial charge in [-0.15, -0.1) is 5.10 Å². The molecule has 34 heavy (non-hydrogen) atoms. The average Bonchev–Trinajstić information content (AvgIpc) is 2.81. The number of halogens is 3. The number of benzene rings is 2. The molecule has 0 saturated carbocycles. The monoisotopic (exact) mass is 493 g/mol. The quantitative estimate of drug-likeness (QED) is 0.525. The third-order valence-corrected chi connectivity index (χ3v) is 6.92. The highest BCUT2D eigenvalue weighted by Gasteiger charge is 2.33. The molecule has 1 aromatic heterocycles. The van der Waals surface area contributed by atoms with Gasteiger partial charge >= 0.3 is 6.18 Å². The Morgan fingerprint density at radius 1 is 1.15 bits per heavy atom. The Kier molecular flexibility index (Phi) is 6.76. The molecule has 3 aromatic rings. The van der Waals surface area contributed by atoms with Gasteiger partial charge in [0.2, 0.25) is 0 Å². The highest BCUT2D eigenvalue weighted by molar-refractivity contribution is 7.92. The highest BCUT2D eigenvalue weighted by atomic mass is 32.2. The number of ether oxygens (including phenoxy) is 2. The molecular weight excluding hydrogens is 471 g/mol. The van der Waals surface area contributed by atoms with Crippen LogP contribution in [0.4, 0.5) is 19.0 Å². The Bertz CT molecular complexity index is 1270. The summed E-state index contributed by atoms with van der Waals surface area (Å²) >= 11 is 0. The molecule has 0 radical (unpaired) electrons. The number of nitrogens with one attached hydrogen (secondary N) is 1. The number of rotatable bonds is 7. The van der Waals surface area contributed by atoms with E-state index in [1.54, 1.807) is 12.1 Å². The van der Waals surface area contributed by atoms with Gasteiger partial charge in [0.05, 0.1) is 23.7 Å². The van der Waals surface area contributed by atoms with Crippen LogP contribution >= 0.6 is 0 Å².